The summed E-state index contributed by atoms with van der Waals surface area (Å²) in [6, 6.07) is 2.96. The Balaban J connectivity index is 2.56. The Morgan fingerprint density at radius 2 is 2.08 bits per heavy atom. The van der Waals surface area contributed by atoms with Crippen LogP contribution in [0.1, 0.15) is 30.0 Å². The minimum atomic E-state index is -0.0793. The van der Waals surface area contributed by atoms with E-state index in [1.54, 1.807) is 6.07 Å². The van der Waals surface area contributed by atoms with Crippen molar-refractivity contribution in [1.82, 2.24) is 0 Å². The largest absolute Gasteiger partial charge is 0.508 e. The highest BCUT2D eigenvalue weighted by atomic mass is 16.3. The van der Waals surface area contributed by atoms with Gasteiger partial charge in [-0.3, -0.25) is 0 Å². The summed E-state index contributed by atoms with van der Waals surface area (Å²) in [5.74, 6) is 0.243. The van der Waals surface area contributed by atoms with Gasteiger partial charge in [0.1, 0.15) is 11.5 Å². The van der Waals surface area contributed by atoms with Crippen molar-refractivity contribution in [3.05, 3.63) is 23.3 Å². The summed E-state index contributed by atoms with van der Waals surface area (Å²) >= 11 is 0. The average molecular weight is 179 g/mol. The third-order valence-electron chi connectivity index (χ3n) is 2.56. The van der Waals surface area contributed by atoms with Gasteiger partial charge in [-0.2, -0.15) is 0 Å². The van der Waals surface area contributed by atoms with E-state index in [1.807, 2.05) is 0 Å². The van der Waals surface area contributed by atoms with E-state index in [9.17, 15) is 10.2 Å². The number of hydrogen-bond donors (Lipinski definition) is 3. The average Bonchev–Trinajstić information content (AvgIpc) is 2.02. The fraction of sp³-hybridized carbons (Fsp3) is 0.400. The van der Waals surface area contributed by atoms with Gasteiger partial charge in [-0.15, -0.1) is 0 Å². The van der Waals surface area contributed by atoms with Crippen LogP contribution in [-0.2, 0) is 6.42 Å². The fourth-order valence-corrected chi connectivity index (χ4v) is 1.97. The molecule has 0 saturated carbocycles. The van der Waals surface area contributed by atoms with Crippen LogP contribution in [0.15, 0.2) is 12.1 Å². The maximum Gasteiger partial charge on any atom is 0.124 e. The number of phenols is 2. The number of hydrogen-bond acceptors (Lipinski definition) is 3. The lowest BCUT2D eigenvalue weighted by atomic mass is 9.87. The van der Waals surface area contributed by atoms with Gasteiger partial charge in [-0.05, 0) is 30.9 Å². The minimum Gasteiger partial charge on any atom is -0.508 e. The zero-order chi connectivity index (χ0) is 9.42. The van der Waals surface area contributed by atoms with Gasteiger partial charge in [0, 0.05) is 17.7 Å². The second kappa shape index (κ2) is 2.92. The Morgan fingerprint density at radius 1 is 1.31 bits per heavy atom. The number of aryl methyl sites for hydroxylation is 1. The molecule has 2 rings (SSSR count). The molecule has 0 bridgehead atoms. The summed E-state index contributed by atoms with van der Waals surface area (Å²) in [5.41, 5.74) is 7.65. The molecular weight excluding hydrogens is 166 g/mol. The van der Waals surface area contributed by atoms with Gasteiger partial charge in [0.2, 0.25) is 0 Å². The molecule has 0 aliphatic heterocycles. The standard InChI is InChI=1S/C10H13NO2/c11-8-3-1-2-6-4-7(12)5-9(13)10(6)8/h4-5,8,12-13H,1-3,11H2/t8-/m0/s1. The predicted octanol–water partition coefficient (Wildman–Crippen LogP) is 1.43. The molecule has 70 valence electrons. The van der Waals surface area contributed by atoms with Crippen LogP contribution in [-0.4, -0.2) is 10.2 Å². The lowest BCUT2D eigenvalue weighted by molar-refractivity contribution is 0.430. The summed E-state index contributed by atoms with van der Waals surface area (Å²) in [5, 5.41) is 18.8. The smallest absolute Gasteiger partial charge is 0.124 e. The van der Waals surface area contributed by atoms with Crippen LogP contribution < -0.4 is 5.73 Å². The van der Waals surface area contributed by atoms with Gasteiger partial charge < -0.3 is 15.9 Å². The highest BCUT2D eigenvalue weighted by Gasteiger charge is 2.20. The molecule has 1 aromatic rings. The number of fused-ring (bicyclic) bond motifs is 1. The molecule has 0 aromatic heterocycles. The molecule has 3 nitrogen and oxygen atoms in total. The van der Waals surface area contributed by atoms with E-state index in [-0.39, 0.29) is 17.5 Å². The Morgan fingerprint density at radius 3 is 2.85 bits per heavy atom. The first-order chi connectivity index (χ1) is 6.18. The molecular formula is C10H13NO2. The highest BCUT2D eigenvalue weighted by Crippen LogP contribution is 2.37. The molecule has 13 heavy (non-hydrogen) atoms. The maximum absolute atomic E-state index is 9.57. The molecule has 0 saturated heterocycles. The first-order valence-corrected chi connectivity index (χ1v) is 4.49. The van der Waals surface area contributed by atoms with E-state index in [0.717, 1.165) is 30.4 Å². The van der Waals surface area contributed by atoms with Crippen molar-refractivity contribution in [1.29, 1.82) is 0 Å². The number of rotatable bonds is 0. The van der Waals surface area contributed by atoms with Crippen molar-refractivity contribution in [2.75, 3.05) is 0 Å². The molecule has 1 aliphatic rings. The SMILES string of the molecule is N[C@H]1CCCc2cc(O)cc(O)c21. The van der Waals surface area contributed by atoms with Gasteiger partial charge in [0.15, 0.2) is 0 Å². The minimum absolute atomic E-state index is 0.0793. The van der Waals surface area contributed by atoms with E-state index < -0.39 is 0 Å². The molecule has 4 N–H and O–H groups in total. The monoisotopic (exact) mass is 179 g/mol. The molecule has 1 aromatic carbocycles. The van der Waals surface area contributed by atoms with Crippen molar-refractivity contribution in [3.8, 4) is 11.5 Å². The number of benzene rings is 1. The molecule has 0 heterocycles. The topological polar surface area (TPSA) is 66.5 Å². The molecule has 0 unspecified atom stereocenters. The van der Waals surface area contributed by atoms with E-state index in [1.165, 1.54) is 6.07 Å². The summed E-state index contributed by atoms with van der Waals surface area (Å²) in [4.78, 5) is 0. The first kappa shape index (κ1) is 8.38. The second-order valence-corrected chi connectivity index (χ2v) is 3.54. The van der Waals surface area contributed by atoms with Crippen LogP contribution >= 0.6 is 0 Å². The van der Waals surface area contributed by atoms with Crippen LogP contribution in [0.5, 0.6) is 11.5 Å². The molecule has 3 heteroatoms. The van der Waals surface area contributed by atoms with Gasteiger partial charge in [-0.25, -0.2) is 0 Å². The summed E-state index contributed by atoms with van der Waals surface area (Å²) < 4.78 is 0. The molecule has 0 fully saturated rings. The summed E-state index contributed by atoms with van der Waals surface area (Å²) in [6.45, 7) is 0. The van der Waals surface area contributed by atoms with Crippen molar-refractivity contribution in [2.24, 2.45) is 5.73 Å². The maximum atomic E-state index is 9.57. The molecule has 1 atom stereocenters. The van der Waals surface area contributed by atoms with E-state index in [0.29, 0.717) is 0 Å². The Hall–Kier alpha value is -1.22. The Labute approximate surface area is 76.8 Å². The van der Waals surface area contributed by atoms with Crippen LogP contribution in [0.4, 0.5) is 0 Å². The highest BCUT2D eigenvalue weighted by molar-refractivity contribution is 5.48. The van der Waals surface area contributed by atoms with Gasteiger partial charge in [-0.1, -0.05) is 0 Å². The quantitative estimate of drug-likeness (QED) is 0.564. The lowest BCUT2D eigenvalue weighted by Gasteiger charge is -2.23. The Kier molecular flexibility index (Phi) is 1.88. The Bertz CT molecular complexity index is 336. The van der Waals surface area contributed by atoms with Gasteiger partial charge in [0.05, 0.1) is 0 Å². The zero-order valence-electron chi connectivity index (χ0n) is 7.33. The van der Waals surface area contributed by atoms with Gasteiger partial charge >= 0.3 is 0 Å². The van der Waals surface area contributed by atoms with Crippen LogP contribution in [0.2, 0.25) is 0 Å². The van der Waals surface area contributed by atoms with Crippen LogP contribution in [0.25, 0.3) is 0 Å². The van der Waals surface area contributed by atoms with Crippen LogP contribution in [0, 0.1) is 0 Å². The lowest BCUT2D eigenvalue weighted by Crippen LogP contribution is -2.17. The third kappa shape index (κ3) is 1.35. The zero-order valence-corrected chi connectivity index (χ0v) is 7.33. The van der Waals surface area contributed by atoms with Crippen molar-refractivity contribution in [2.45, 2.75) is 25.3 Å². The third-order valence-corrected chi connectivity index (χ3v) is 2.56. The molecule has 1 aliphatic carbocycles. The van der Waals surface area contributed by atoms with Crippen LogP contribution in [0.3, 0.4) is 0 Å². The van der Waals surface area contributed by atoms with E-state index in [4.69, 9.17) is 5.73 Å². The van der Waals surface area contributed by atoms with Crippen molar-refractivity contribution >= 4 is 0 Å². The second-order valence-electron chi connectivity index (χ2n) is 3.54. The number of nitrogens with two attached hydrogens (primary N) is 1. The van der Waals surface area contributed by atoms with E-state index in [2.05, 4.69) is 0 Å². The van der Waals surface area contributed by atoms with E-state index >= 15 is 0 Å². The number of aromatic hydroxyl groups is 2. The fourth-order valence-electron chi connectivity index (χ4n) is 1.97. The van der Waals surface area contributed by atoms with Gasteiger partial charge in [0.25, 0.3) is 0 Å². The number of phenolic OH excluding ortho intramolecular Hbond substituents is 2. The molecule has 0 radical (unpaired) electrons. The first-order valence-electron chi connectivity index (χ1n) is 4.49. The molecule has 0 amide bonds. The van der Waals surface area contributed by atoms with Crippen molar-refractivity contribution in [3.63, 3.8) is 0 Å². The predicted molar refractivity (Wildman–Crippen MR) is 49.6 cm³/mol. The normalized spacial score (nSPS) is 21.2. The molecule has 0 spiro atoms. The summed E-state index contributed by atoms with van der Waals surface area (Å²) in [6.07, 6.45) is 2.83. The van der Waals surface area contributed by atoms with Crippen molar-refractivity contribution < 1.29 is 10.2 Å². The summed E-state index contributed by atoms with van der Waals surface area (Å²) in [7, 11) is 0.